The van der Waals surface area contributed by atoms with E-state index in [1.807, 2.05) is 0 Å². The van der Waals surface area contributed by atoms with Crippen molar-refractivity contribution in [2.45, 2.75) is 26.8 Å². The molecule has 0 aromatic heterocycles. The molecule has 0 spiro atoms. The summed E-state index contributed by atoms with van der Waals surface area (Å²) in [5.74, 6) is 1.42. The van der Waals surface area contributed by atoms with Crippen LogP contribution in [0.25, 0.3) is 0 Å². The number of halogens is 1. The van der Waals surface area contributed by atoms with Crippen molar-refractivity contribution < 1.29 is 0 Å². The van der Waals surface area contributed by atoms with E-state index in [-0.39, 0.29) is 20.7 Å². The van der Waals surface area contributed by atoms with Gasteiger partial charge in [-0.15, -0.1) is 20.7 Å². The molecule has 0 heterocycles. The van der Waals surface area contributed by atoms with E-state index < -0.39 is 0 Å². The maximum atomic E-state index is 5.76. The molecule has 0 aliphatic heterocycles. The summed E-state index contributed by atoms with van der Waals surface area (Å²) >= 11 is 0.202. The summed E-state index contributed by atoms with van der Waals surface area (Å²) in [7, 11) is 0. The molecule has 62 valence electrons. The Bertz CT molecular complexity index is 101. The summed E-state index contributed by atoms with van der Waals surface area (Å²) in [6.45, 7) is 6.59. The predicted octanol–water partition coefficient (Wildman–Crippen LogP) is 2.01. The largest absolute Gasteiger partial charge is 0.328 e. The maximum absolute atomic E-state index is 5.76. The summed E-state index contributed by atoms with van der Waals surface area (Å²) in [6.07, 6.45) is 0. The Balaban J connectivity index is 3.68. The van der Waals surface area contributed by atoms with E-state index in [1.165, 1.54) is 4.43 Å². The minimum atomic E-state index is 0.202. The first-order chi connectivity index (χ1) is 4.59. The van der Waals surface area contributed by atoms with E-state index in [1.54, 1.807) is 0 Å². The molecule has 0 aliphatic carbocycles. The Morgan fingerprint density at radius 2 is 1.90 bits per heavy atom. The molecule has 1 nitrogen and oxygen atoms in total. The van der Waals surface area contributed by atoms with Gasteiger partial charge in [0.05, 0.1) is 0 Å². The lowest BCUT2D eigenvalue weighted by molar-refractivity contribution is 0.371. The van der Waals surface area contributed by atoms with Gasteiger partial charge in [0.2, 0.25) is 0 Å². The Hall–Kier alpha value is 0.560. The smallest absolute Gasteiger partial charge is 0.00389 e. The molecule has 10 heavy (non-hydrogen) atoms. The van der Waals surface area contributed by atoms with Crippen molar-refractivity contribution in [3.8, 4) is 0 Å². The highest BCUT2D eigenvalue weighted by atomic mass is 127. The van der Waals surface area contributed by atoms with E-state index in [0.29, 0.717) is 12.0 Å². The van der Waals surface area contributed by atoms with Crippen molar-refractivity contribution in [3.63, 3.8) is 0 Å². The van der Waals surface area contributed by atoms with Crippen molar-refractivity contribution in [1.29, 1.82) is 0 Å². The normalized spacial score (nSPS) is 20.0. The van der Waals surface area contributed by atoms with Crippen LogP contribution in [0, 0.1) is 11.8 Å². The summed E-state index contributed by atoms with van der Waals surface area (Å²) in [6, 6.07) is 0.338. The van der Waals surface area contributed by atoms with Crippen LogP contribution < -0.4 is 5.73 Å². The number of alkyl halides is 1. The van der Waals surface area contributed by atoms with Gasteiger partial charge in [-0.1, -0.05) is 18.4 Å². The number of nitrogens with two attached hydrogens (primary N) is 1. The molecule has 2 heteroatoms. The van der Waals surface area contributed by atoms with Crippen LogP contribution in [-0.4, -0.2) is 15.0 Å². The average Bonchev–Trinajstić information content (AvgIpc) is 1.87. The third-order valence-corrected chi connectivity index (χ3v) is 4.09. The van der Waals surface area contributed by atoms with Crippen LogP contribution in [0.2, 0.25) is 0 Å². The topological polar surface area (TPSA) is 26.0 Å². The fraction of sp³-hybridized carbons (Fsp3) is 0.875. The van der Waals surface area contributed by atoms with Crippen LogP contribution in [0.3, 0.4) is 0 Å². The Morgan fingerprint density at radius 3 is 2.20 bits per heavy atom. The summed E-state index contributed by atoms with van der Waals surface area (Å²) in [5.41, 5.74) is 5.76. The number of hydrogen-bond acceptors (Lipinski definition) is 1. The molecule has 0 amide bonds. The molecule has 3 atom stereocenters. The van der Waals surface area contributed by atoms with Crippen LogP contribution in [0.15, 0.2) is 0 Å². The van der Waals surface area contributed by atoms with Gasteiger partial charge in [-0.3, -0.25) is 0 Å². The van der Waals surface area contributed by atoms with E-state index in [2.05, 4.69) is 25.3 Å². The van der Waals surface area contributed by atoms with Crippen LogP contribution in [0.5, 0.6) is 0 Å². The van der Waals surface area contributed by atoms with Gasteiger partial charge in [0.1, 0.15) is 0 Å². The second kappa shape index (κ2) is 5.24. The second-order valence-corrected chi connectivity index (χ2v) is 5.00. The molecule has 0 aromatic carbocycles. The minimum absolute atomic E-state index is 0.202. The monoisotopic (exact) mass is 255 g/mol. The van der Waals surface area contributed by atoms with E-state index in [0.717, 1.165) is 5.92 Å². The molecular formula is C8H18IN. The zero-order valence-electron chi connectivity index (χ0n) is 7.10. The zero-order valence-corrected chi connectivity index (χ0v) is 9.26. The van der Waals surface area contributed by atoms with Crippen molar-refractivity contribution in [2.75, 3.05) is 4.43 Å². The molecule has 0 saturated heterocycles. The van der Waals surface area contributed by atoms with Gasteiger partial charge in [-0.05, 0) is 23.2 Å². The highest BCUT2D eigenvalue weighted by molar-refractivity contribution is 14.2. The first kappa shape index (κ1) is 10.6. The molecule has 0 bridgehead atoms. The van der Waals surface area contributed by atoms with E-state index in [4.69, 9.17) is 5.73 Å². The highest BCUT2D eigenvalue weighted by Gasteiger charge is 2.14. The minimum Gasteiger partial charge on any atom is -0.328 e. The van der Waals surface area contributed by atoms with Crippen LogP contribution in [-0.2, 0) is 0 Å². The highest BCUT2D eigenvalue weighted by Crippen LogP contribution is 2.17. The summed E-state index contributed by atoms with van der Waals surface area (Å²) < 4.78 is 5.24. The molecule has 0 fully saturated rings. The van der Waals surface area contributed by atoms with Crippen molar-refractivity contribution in [1.82, 2.24) is 0 Å². The zero-order chi connectivity index (χ0) is 8.15. The molecule has 0 saturated carbocycles. The van der Waals surface area contributed by atoms with Gasteiger partial charge >= 0.3 is 0 Å². The lowest BCUT2D eigenvalue weighted by Crippen LogP contribution is -2.29. The lowest BCUT2D eigenvalue weighted by atomic mass is 9.92. The fourth-order valence-electron chi connectivity index (χ4n) is 0.831. The molecule has 0 aromatic rings. The van der Waals surface area contributed by atoms with E-state index >= 15 is 0 Å². The molecule has 3 unspecified atom stereocenters. The summed E-state index contributed by atoms with van der Waals surface area (Å²) in [4.78, 5) is 0. The quantitative estimate of drug-likeness (QED) is 0.603. The number of hydrogen-bond donors (Lipinski definition) is 1. The van der Waals surface area contributed by atoms with Gasteiger partial charge < -0.3 is 5.73 Å². The van der Waals surface area contributed by atoms with Gasteiger partial charge in [0.25, 0.3) is 0 Å². The Kier molecular flexibility index (Phi) is 5.54. The predicted molar refractivity (Wildman–Crippen MR) is 58.0 cm³/mol. The second-order valence-electron chi connectivity index (χ2n) is 3.04. The molecular weight excluding hydrogens is 237 g/mol. The molecule has 0 radical (unpaired) electrons. The maximum Gasteiger partial charge on any atom is 0.00389 e. The summed E-state index contributed by atoms with van der Waals surface area (Å²) in [5, 5.41) is 0. The van der Waals surface area contributed by atoms with Crippen LogP contribution >= 0.6 is 20.7 Å². The van der Waals surface area contributed by atoms with E-state index in [9.17, 15) is 0 Å². The molecule has 0 rings (SSSR count). The standard InChI is InChI=1S/C8H18IN/c1-6(5-9-4)7(2)8(3)10/h6-8H,4-5,10H2,1-3H3. The average molecular weight is 255 g/mol. The first-order valence-electron chi connectivity index (χ1n) is 3.67. The third-order valence-electron chi connectivity index (χ3n) is 2.08. The van der Waals surface area contributed by atoms with Gasteiger partial charge in [0.15, 0.2) is 0 Å². The van der Waals surface area contributed by atoms with Crippen molar-refractivity contribution in [3.05, 3.63) is 0 Å². The Morgan fingerprint density at radius 1 is 1.40 bits per heavy atom. The van der Waals surface area contributed by atoms with Crippen LogP contribution in [0.1, 0.15) is 20.8 Å². The third kappa shape index (κ3) is 3.66. The van der Waals surface area contributed by atoms with Crippen molar-refractivity contribution >= 4 is 25.2 Å². The van der Waals surface area contributed by atoms with Crippen molar-refractivity contribution in [2.24, 2.45) is 17.6 Å². The first-order valence-corrected chi connectivity index (χ1v) is 6.73. The number of rotatable bonds is 4. The Labute approximate surface area is 74.1 Å². The molecule has 0 aliphatic rings. The fourth-order valence-corrected chi connectivity index (χ4v) is 2.62. The molecule has 2 N–H and O–H groups in total. The van der Waals surface area contributed by atoms with Gasteiger partial charge in [-0.2, -0.15) is 0 Å². The van der Waals surface area contributed by atoms with Gasteiger partial charge in [0, 0.05) is 6.04 Å². The van der Waals surface area contributed by atoms with Crippen LogP contribution in [0.4, 0.5) is 0 Å². The SMILES string of the molecule is C=ICC(C)C(C)C(C)N. The lowest BCUT2D eigenvalue weighted by Gasteiger charge is -2.21. The van der Waals surface area contributed by atoms with Gasteiger partial charge in [-0.25, -0.2) is 0 Å².